The maximum absolute atomic E-state index is 5.90. The van der Waals surface area contributed by atoms with Crippen molar-refractivity contribution < 1.29 is 4.74 Å². The molecule has 0 aliphatic carbocycles. The summed E-state index contributed by atoms with van der Waals surface area (Å²) in [5, 5.41) is 0. The van der Waals surface area contributed by atoms with Gasteiger partial charge in [0.2, 0.25) is 11.8 Å². The van der Waals surface area contributed by atoms with Crippen LogP contribution >= 0.6 is 0 Å². The van der Waals surface area contributed by atoms with Gasteiger partial charge in [0.25, 0.3) is 0 Å². The normalized spacial score (nSPS) is 10.4. The van der Waals surface area contributed by atoms with E-state index in [1.807, 2.05) is 26.8 Å². The minimum absolute atomic E-state index is 0.221. The Morgan fingerprint density at radius 2 is 1.67 bits per heavy atom. The molecule has 1 aromatic heterocycles. The van der Waals surface area contributed by atoms with Gasteiger partial charge >= 0.3 is 0 Å². The summed E-state index contributed by atoms with van der Waals surface area (Å²) in [6, 6.07) is 4.12. The molecule has 0 saturated heterocycles. The number of nitrogens with zero attached hydrogens (tertiary/aromatic N) is 2. The van der Waals surface area contributed by atoms with Crippen molar-refractivity contribution in [2.75, 3.05) is 5.73 Å². The summed E-state index contributed by atoms with van der Waals surface area (Å²) in [7, 11) is 0. The Morgan fingerprint density at radius 1 is 1.00 bits per heavy atom. The monoisotopic (exact) mass is 243 g/mol. The van der Waals surface area contributed by atoms with E-state index in [1.165, 1.54) is 5.56 Å². The average molecular weight is 243 g/mol. The molecule has 0 amide bonds. The number of hydrogen-bond donors (Lipinski definition) is 1. The van der Waals surface area contributed by atoms with Crippen molar-refractivity contribution in [2.24, 2.45) is 0 Å². The lowest BCUT2D eigenvalue weighted by Gasteiger charge is -2.14. The molecule has 0 fully saturated rings. The average Bonchev–Trinajstić information content (AvgIpc) is 2.34. The van der Waals surface area contributed by atoms with Crippen LogP contribution in [0.2, 0.25) is 0 Å². The standard InChI is InChI=1S/C14H17N3O/c1-8-5-6-9(2)12(11(8)4)18-13-10(3)7-16-14(15)17-13/h5-7H,1-4H3,(H2,15,16,17). The molecular formula is C14H17N3O. The van der Waals surface area contributed by atoms with Gasteiger partial charge in [-0.15, -0.1) is 0 Å². The van der Waals surface area contributed by atoms with Crippen LogP contribution in [0.5, 0.6) is 11.6 Å². The van der Waals surface area contributed by atoms with Gasteiger partial charge in [-0.3, -0.25) is 0 Å². The van der Waals surface area contributed by atoms with E-state index in [9.17, 15) is 0 Å². The number of nitrogen functional groups attached to an aromatic ring is 1. The summed E-state index contributed by atoms with van der Waals surface area (Å²) in [6.45, 7) is 8.01. The van der Waals surface area contributed by atoms with Crippen molar-refractivity contribution in [1.82, 2.24) is 9.97 Å². The molecule has 94 valence electrons. The number of benzene rings is 1. The van der Waals surface area contributed by atoms with Gasteiger partial charge in [0, 0.05) is 11.8 Å². The molecule has 4 heteroatoms. The third-order valence-corrected chi connectivity index (χ3v) is 3.02. The molecule has 0 unspecified atom stereocenters. The lowest BCUT2D eigenvalue weighted by Crippen LogP contribution is -2.01. The molecule has 1 aromatic carbocycles. The summed E-state index contributed by atoms with van der Waals surface area (Å²) in [5.41, 5.74) is 9.84. The highest BCUT2D eigenvalue weighted by atomic mass is 16.5. The second-order valence-corrected chi connectivity index (χ2v) is 4.47. The van der Waals surface area contributed by atoms with Crippen LogP contribution in [0.25, 0.3) is 0 Å². The van der Waals surface area contributed by atoms with Crippen molar-refractivity contribution in [3.8, 4) is 11.6 Å². The molecule has 0 atom stereocenters. The molecule has 0 aliphatic heterocycles. The van der Waals surface area contributed by atoms with E-state index in [2.05, 4.69) is 23.0 Å². The van der Waals surface area contributed by atoms with Gasteiger partial charge in [-0.05, 0) is 44.4 Å². The largest absolute Gasteiger partial charge is 0.438 e. The van der Waals surface area contributed by atoms with Gasteiger partial charge in [-0.2, -0.15) is 4.98 Å². The van der Waals surface area contributed by atoms with E-state index < -0.39 is 0 Å². The van der Waals surface area contributed by atoms with Crippen molar-refractivity contribution in [3.63, 3.8) is 0 Å². The fourth-order valence-electron chi connectivity index (χ4n) is 1.72. The number of ether oxygens (including phenoxy) is 1. The van der Waals surface area contributed by atoms with Gasteiger partial charge < -0.3 is 10.5 Å². The highest BCUT2D eigenvalue weighted by Gasteiger charge is 2.10. The maximum Gasteiger partial charge on any atom is 0.226 e. The van der Waals surface area contributed by atoms with E-state index in [1.54, 1.807) is 6.20 Å². The number of nitrogens with two attached hydrogens (primary N) is 1. The summed E-state index contributed by atoms with van der Waals surface area (Å²) >= 11 is 0. The van der Waals surface area contributed by atoms with Crippen LogP contribution in [0.15, 0.2) is 18.3 Å². The molecule has 2 N–H and O–H groups in total. The first-order valence-electron chi connectivity index (χ1n) is 5.83. The van der Waals surface area contributed by atoms with Gasteiger partial charge in [0.15, 0.2) is 0 Å². The fourth-order valence-corrected chi connectivity index (χ4v) is 1.72. The first kappa shape index (κ1) is 12.4. The van der Waals surface area contributed by atoms with E-state index in [-0.39, 0.29) is 5.95 Å². The summed E-state index contributed by atoms with van der Waals surface area (Å²) in [6.07, 6.45) is 1.66. The minimum Gasteiger partial charge on any atom is -0.438 e. The third kappa shape index (κ3) is 2.27. The van der Waals surface area contributed by atoms with Crippen LogP contribution < -0.4 is 10.5 Å². The second-order valence-electron chi connectivity index (χ2n) is 4.47. The lowest BCUT2D eigenvalue weighted by molar-refractivity contribution is 0.451. The Labute approximate surface area is 107 Å². The smallest absolute Gasteiger partial charge is 0.226 e. The fraction of sp³-hybridized carbons (Fsp3) is 0.286. The highest BCUT2D eigenvalue weighted by molar-refractivity contribution is 5.47. The SMILES string of the molecule is Cc1cnc(N)nc1Oc1c(C)ccc(C)c1C. The van der Waals surface area contributed by atoms with Gasteiger partial charge in [0.05, 0.1) is 0 Å². The Kier molecular flexibility index (Phi) is 3.19. The molecule has 0 saturated carbocycles. The summed E-state index contributed by atoms with van der Waals surface area (Å²) in [4.78, 5) is 8.05. The van der Waals surface area contributed by atoms with Crippen LogP contribution in [0.1, 0.15) is 22.3 Å². The Balaban J connectivity index is 2.46. The number of aromatic nitrogens is 2. The highest BCUT2D eigenvalue weighted by Crippen LogP contribution is 2.31. The first-order chi connectivity index (χ1) is 8.49. The van der Waals surface area contributed by atoms with Crippen LogP contribution in [0.4, 0.5) is 5.95 Å². The van der Waals surface area contributed by atoms with E-state index >= 15 is 0 Å². The molecule has 0 bridgehead atoms. The predicted molar refractivity (Wildman–Crippen MR) is 71.9 cm³/mol. The maximum atomic E-state index is 5.90. The molecule has 0 radical (unpaired) electrons. The first-order valence-corrected chi connectivity index (χ1v) is 5.83. The molecule has 18 heavy (non-hydrogen) atoms. The van der Waals surface area contributed by atoms with Crippen LogP contribution in [0.3, 0.4) is 0 Å². The van der Waals surface area contributed by atoms with Crippen LogP contribution in [-0.4, -0.2) is 9.97 Å². The van der Waals surface area contributed by atoms with E-state index in [0.717, 1.165) is 22.4 Å². The molecule has 2 rings (SSSR count). The van der Waals surface area contributed by atoms with Crippen LogP contribution in [-0.2, 0) is 0 Å². The molecule has 2 aromatic rings. The Hall–Kier alpha value is -2.10. The lowest BCUT2D eigenvalue weighted by atomic mass is 10.1. The summed E-state index contributed by atoms with van der Waals surface area (Å²) < 4.78 is 5.90. The number of rotatable bonds is 2. The minimum atomic E-state index is 0.221. The van der Waals surface area contributed by atoms with Crippen molar-refractivity contribution in [3.05, 3.63) is 40.6 Å². The van der Waals surface area contributed by atoms with Gasteiger partial charge in [-0.1, -0.05) is 12.1 Å². The number of anilines is 1. The van der Waals surface area contributed by atoms with Gasteiger partial charge in [0.1, 0.15) is 5.75 Å². The third-order valence-electron chi connectivity index (χ3n) is 3.02. The zero-order valence-corrected chi connectivity index (χ0v) is 11.1. The molecule has 4 nitrogen and oxygen atoms in total. The predicted octanol–water partition coefficient (Wildman–Crippen LogP) is 3.08. The van der Waals surface area contributed by atoms with Crippen LogP contribution in [0, 0.1) is 27.7 Å². The molecule has 0 spiro atoms. The van der Waals surface area contributed by atoms with E-state index in [0.29, 0.717) is 5.88 Å². The second kappa shape index (κ2) is 4.64. The Morgan fingerprint density at radius 3 is 2.39 bits per heavy atom. The quantitative estimate of drug-likeness (QED) is 0.880. The van der Waals surface area contributed by atoms with Gasteiger partial charge in [-0.25, -0.2) is 4.98 Å². The van der Waals surface area contributed by atoms with Crippen molar-refractivity contribution in [1.29, 1.82) is 0 Å². The Bertz CT molecular complexity index is 594. The topological polar surface area (TPSA) is 61.0 Å². The molecular weight excluding hydrogens is 226 g/mol. The van der Waals surface area contributed by atoms with Crippen molar-refractivity contribution >= 4 is 5.95 Å². The summed E-state index contributed by atoms with van der Waals surface area (Å²) in [5.74, 6) is 1.58. The number of aryl methyl sites for hydroxylation is 3. The van der Waals surface area contributed by atoms with Crippen molar-refractivity contribution in [2.45, 2.75) is 27.7 Å². The zero-order chi connectivity index (χ0) is 13.3. The molecule has 1 heterocycles. The zero-order valence-electron chi connectivity index (χ0n) is 11.1. The molecule has 0 aliphatic rings. The number of hydrogen-bond acceptors (Lipinski definition) is 4. The van der Waals surface area contributed by atoms with E-state index in [4.69, 9.17) is 10.5 Å².